The van der Waals surface area contributed by atoms with Crippen molar-refractivity contribution in [1.29, 1.82) is 0 Å². The molecule has 2 rings (SSSR count). The molecule has 0 radical (unpaired) electrons. The van der Waals surface area contributed by atoms with E-state index in [-0.39, 0.29) is 12.3 Å². The fourth-order valence-corrected chi connectivity index (χ4v) is 2.15. The third-order valence-corrected chi connectivity index (χ3v) is 3.36. The van der Waals surface area contributed by atoms with Gasteiger partial charge in [0.1, 0.15) is 0 Å². The van der Waals surface area contributed by atoms with Gasteiger partial charge in [-0.2, -0.15) is 0 Å². The lowest BCUT2D eigenvalue weighted by molar-refractivity contribution is -0.142. The number of oxime groups is 1. The Morgan fingerprint density at radius 2 is 1.83 bits per heavy atom. The van der Waals surface area contributed by atoms with Crippen LogP contribution in [0.1, 0.15) is 16.7 Å². The van der Waals surface area contributed by atoms with Gasteiger partial charge in [0.25, 0.3) is 0 Å². The number of rotatable bonds is 6. The molecule has 0 aliphatic rings. The minimum atomic E-state index is -0.516. The van der Waals surface area contributed by atoms with Crippen molar-refractivity contribution in [2.45, 2.75) is 13.3 Å². The summed E-state index contributed by atoms with van der Waals surface area (Å²) in [5, 5.41) is 3.70. The van der Waals surface area contributed by atoms with Crippen molar-refractivity contribution in [1.82, 2.24) is 0 Å². The normalized spacial score (nSPS) is 11.0. The molecule has 0 bridgehead atoms. The molecule has 2 N–H and O–H groups in total. The largest absolute Gasteiger partial charge is 0.493 e. The lowest BCUT2D eigenvalue weighted by atomic mass is 10.1. The molecule has 2 aromatic rings. The number of ether oxygens (including phenoxy) is 2. The maximum absolute atomic E-state index is 11.9. The van der Waals surface area contributed by atoms with Crippen molar-refractivity contribution < 1.29 is 19.1 Å². The molecule has 24 heavy (non-hydrogen) atoms. The fraction of sp³-hybridized carbons (Fsp3) is 0.222. The Bertz CT molecular complexity index is 756. The van der Waals surface area contributed by atoms with E-state index in [0.717, 1.165) is 11.1 Å². The van der Waals surface area contributed by atoms with Crippen LogP contribution in [0.25, 0.3) is 0 Å². The van der Waals surface area contributed by atoms with Gasteiger partial charge in [-0.25, -0.2) is 4.79 Å². The molecule has 0 aromatic heterocycles. The van der Waals surface area contributed by atoms with Crippen LogP contribution in [0, 0.1) is 6.92 Å². The summed E-state index contributed by atoms with van der Waals surface area (Å²) in [5.74, 6) is 0.777. The van der Waals surface area contributed by atoms with Crippen molar-refractivity contribution in [2.75, 3.05) is 14.2 Å². The highest BCUT2D eigenvalue weighted by Gasteiger charge is 2.10. The third-order valence-electron chi connectivity index (χ3n) is 3.36. The highest BCUT2D eigenvalue weighted by Crippen LogP contribution is 2.27. The molecule has 6 heteroatoms. The van der Waals surface area contributed by atoms with E-state index in [0.29, 0.717) is 17.1 Å². The van der Waals surface area contributed by atoms with Crippen LogP contribution in [0.4, 0.5) is 0 Å². The molecule has 0 spiro atoms. The van der Waals surface area contributed by atoms with Gasteiger partial charge >= 0.3 is 5.97 Å². The second-order valence-electron chi connectivity index (χ2n) is 5.18. The van der Waals surface area contributed by atoms with E-state index in [2.05, 4.69) is 5.16 Å². The molecule has 0 saturated carbocycles. The summed E-state index contributed by atoms with van der Waals surface area (Å²) in [6.45, 7) is 1.94. The second kappa shape index (κ2) is 8.01. The minimum absolute atomic E-state index is 0.0466. The van der Waals surface area contributed by atoms with Crippen molar-refractivity contribution in [3.63, 3.8) is 0 Å². The van der Waals surface area contributed by atoms with Gasteiger partial charge in [-0.3, -0.25) is 0 Å². The molecule has 0 fully saturated rings. The number of carbonyl (C=O) groups is 1. The summed E-state index contributed by atoms with van der Waals surface area (Å²) < 4.78 is 10.4. The Hall–Kier alpha value is -3.02. The van der Waals surface area contributed by atoms with Gasteiger partial charge < -0.3 is 20.0 Å². The second-order valence-corrected chi connectivity index (χ2v) is 5.18. The molecule has 0 aliphatic carbocycles. The SMILES string of the molecule is COc1ccc(CC(=O)O/N=C(\N)c2cccc(C)c2)cc1OC. The molecule has 0 aliphatic heterocycles. The highest BCUT2D eigenvalue weighted by molar-refractivity contribution is 5.97. The van der Waals surface area contributed by atoms with Crippen LogP contribution >= 0.6 is 0 Å². The number of carbonyl (C=O) groups excluding carboxylic acids is 1. The van der Waals surface area contributed by atoms with Crippen molar-refractivity contribution in [2.24, 2.45) is 10.9 Å². The molecule has 126 valence electrons. The van der Waals surface area contributed by atoms with Crippen LogP contribution in [0.15, 0.2) is 47.6 Å². The summed E-state index contributed by atoms with van der Waals surface area (Å²) in [7, 11) is 3.08. The fourth-order valence-electron chi connectivity index (χ4n) is 2.15. The number of nitrogens with two attached hydrogens (primary N) is 1. The first-order valence-electron chi connectivity index (χ1n) is 7.34. The number of benzene rings is 2. The standard InChI is InChI=1S/C18H20N2O4/c1-12-5-4-6-14(9-12)18(19)20-24-17(21)11-13-7-8-15(22-2)16(10-13)23-3/h4-10H,11H2,1-3H3,(H2,19,20). The van der Waals surface area contributed by atoms with Crippen LogP contribution in [-0.2, 0) is 16.1 Å². The summed E-state index contributed by atoms with van der Waals surface area (Å²) in [4.78, 5) is 16.8. The Kier molecular flexibility index (Phi) is 5.78. The van der Waals surface area contributed by atoms with Gasteiger partial charge in [0, 0.05) is 5.56 Å². The molecule has 6 nitrogen and oxygen atoms in total. The van der Waals surface area contributed by atoms with Crippen LogP contribution in [0.3, 0.4) is 0 Å². The zero-order valence-corrected chi connectivity index (χ0v) is 13.9. The highest BCUT2D eigenvalue weighted by atomic mass is 16.7. The van der Waals surface area contributed by atoms with Crippen LogP contribution in [0.5, 0.6) is 11.5 Å². The molecule has 0 amide bonds. The van der Waals surface area contributed by atoms with Gasteiger partial charge in [-0.15, -0.1) is 0 Å². The zero-order valence-electron chi connectivity index (χ0n) is 13.9. The smallest absolute Gasteiger partial charge is 0.339 e. The van der Waals surface area contributed by atoms with Gasteiger partial charge in [-0.1, -0.05) is 35.0 Å². The molecule has 0 heterocycles. The Morgan fingerprint density at radius 1 is 1.08 bits per heavy atom. The predicted octanol–water partition coefficient (Wildman–Crippen LogP) is 2.42. The molecule has 0 saturated heterocycles. The number of aryl methyl sites for hydroxylation is 1. The minimum Gasteiger partial charge on any atom is -0.493 e. The summed E-state index contributed by atoms with van der Waals surface area (Å²) >= 11 is 0. The maximum Gasteiger partial charge on any atom is 0.339 e. The number of hydrogen-bond acceptors (Lipinski definition) is 5. The first kappa shape index (κ1) is 17.3. The van der Waals surface area contributed by atoms with Gasteiger partial charge in [0.15, 0.2) is 17.3 Å². The van der Waals surface area contributed by atoms with E-state index >= 15 is 0 Å². The van der Waals surface area contributed by atoms with Crippen LogP contribution < -0.4 is 15.2 Å². The number of methoxy groups -OCH3 is 2. The summed E-state index contributed by atoms with van der Waals surface area (Å²) in [6, 6.07) is 12.7. The van der Waals surface area contributed by atoms with E-state index in [1.807, 2.05) is 25.1 Å². The Morgan fingerprint density at radius 3 is 2.50 bits per heavy atom. The van der Waals surface area contributed by atoms with E-state index in [1.165, 1.54) is 7.11 Å². The van der Waals surface area contributed by atoms with Crippen LogP contribution in [-0.4, -0.2) is 26.0 Å². The molecule has 0 unspecified atom stereocenters. The molecule has 0 atom stereocenters. The average molecular weight is 328 g/mol. The van der Waals surface area contributed by atoms with Crippen molar-refractivity contribution >= 4 is 11.8 Å². The maximum atomic E-state index is 11.9. The van der Waals surface area contributed by atoms with E-state index in [4.69, 9.17) is 20.0 Å². The van der Waals surface area contributed by atoms with Crippen molar-refractivity contribution in [3.05, 3.63) is 59.2 Å². The summed E-state index contributed by atoms with van der Waals surface area (Å²) in [6.07, 6.45) is 0.0466. The van der Waals surface area contributed by atoms with Crippen molar-refractivity contribution in [3.8, 4) is 11.5 Å². The van der Waals surface area contributed by atoms with Gasteiger partial charge in [0.05, 0.1) is 20.6 Å². The lowest BCUT2D eigenvalue weighted by Crippen LogP contribution is -2.16. The first-order valence-corrected chi connectivity index (χ1v) is 7.34. The molecule has 2 aromatic carbocycles. The van der Waals surface area contributed by atoms with Gasteiger partial charge in [-0.05, 0) is 30.7 Å². The zero-order chi connectivity index (χ0) is 17.5. The number of hydrogen-bond donors (Lipinski definition) is 1. The Balaban J connectivity index is 2.02. The van der Waals surface area contributed by atoms with E-state index in [9.17, 15) is 4.79 Å². The molecular formula is C18H20N2O4. The Labute approximate surface area is 140 Å². The lowest BCUT2D eigenvalue weighted by Gasteiger charge is -2.08. The quantitative estimate of drug-likeness (QED) is 0.381. The average Bonchev–Trinajstić information content (AvgIpc) is 2.59. The molecular weight excluding hydrogens is 308 g/mol. The predicted molar refractivity (Wildman–Crippen MR) is 91.2 cm³/mol. The van der Waals surface area contributed by atoms with E-state index < -0.39 is 5.97 Å². The summed E-state index contributed by atoms with van der Waals surface area (Å²) in [5.41, 5.74) is 8.30. The first-order chi connectivity index (χ1) is 11.5. The number of nitrogens with zero attached hydrogens (tertiary/aromatic N) is 1. The topological polar surface area (TPSA) is 83.1 Å². The monoisotopic (exact) mass is 328 g/mol. The van der Waals surface area contributed by atoms with Crippen LogP contribution in [0.2, 0.25) is 0 Å². The number of amidine groups is 1. The van der Waals surface area contributed by atoms with E-state index in [1.54, 1.807) is 31.4 Å². The third kappa shape index (κ3) is 4.49. The van der Waals surface area contributed by atoms with Gasteiger partial charge in [0.2, 0.25) is 0 Å².